The fourth-order valence-electron chi connectivity index (χ4n) is 2.48. The summed E-state index contributed by atoms with van der Waals surface area (Å²) in [4.78, 5) is 22.9. The molecule has 144 valence electrons. The number of nitrogens with zero attached hydrogens (tertiary/aromatic N) is 1. The van der Waals surface area contributed by atoms with E-state index >= 15 is 0 Å². The van der Waals surface area contributed by atoms with Crippen molar-refractivity contribution in [1.29, 1.82) is 0 Å². The number of methoxy groups -OCH3 is 1. The molecule has 8 nitrogen and oxygen atoms in total. The number of rotatable bonds is 8. The molecule has 3 N–H and O–H groups in total. The van der Waals surface area contributed by atoms with Gasteiger partial charge in [0.2, 0.25) is 5.91 Å². The number of nitrogens with one attached hydrogen (secondary N) is 3. The molecule has 0 saturated heterocycles. The number of benzene rings is 2. The zero-order valence-electron chi connectivity index (χ0n) is 15.3. The molecule has 0 fully saturated rings. The molecule has 28 heavy (non-hydrogen) atoms. The first-order valence-corrected chi connectivity index (χ1v) is 8.57. The van der Waals surface area contributed by atoms with Gasteiger partial charge in [0.05, 0.1) is 19.7 Å². The number of carbonyl (C=O) groups excluding carboxylic acids is 1. The summed E-state index contributed by atoms with van der Waals surface area (Å²) in [5, 5.41) is 8.92. The van der Waals surface area contributed by atoms with Crippen molar-refractivity contribution >= 4 is 12.1 Å². The van der Waals surface area contributed by atoms with Crippen LogP contribution in [0.3, 0.4) is 0 Å². The second-order valence-corrected chi connectivity index (χ2v) is 5.94. The summed E-state index contributed by atoms with van der Waals surface area (Å²) in [6.07, 6.45) is 1.52. The lowest BCUT2D eigenvalue weighted by atomic mass is 10.2. The van der Waals surface area contributed by atoms with Crippen molar-refractivity contribution in [2.24, 2.45) is 5.10 Å². The lowest BCUT2D eigenvalue weighted by molar-refractivity contribution is -0.120. The molecule has 0 spiro atoms. The number of hydrogen-bond acceptors (Lipinski definition) is 5. The number of aromatic nitrogens is 2. The minimum absolute atomic E-state index is 0.0180. The second kappa shape index (κ2) is 9.22. The standard InChI is InChI=1S/C20H20N4O4/c1-27-17-8-7-15(9-18(17)28-13-14-5-3-2-4-6-14)12-21-23-19(25)10-16-11-20(26)24-22-16/h2-9,11-12H,10,13H2,1H3,(H,23,25)(H2,22,24,26)/b21-12-. The van der Waals surface area contributed by atoms with Crippen LogP contribution in [0, 0.1) is 0 Å². The summed E-state index contributed by atoms with van der Waals surface area (Å²) in [7, 11) is 1.57. The van der Waals surface area contributed by atoms with Gasteiger partial charge in [-0.15, -0.1) is 0 Å². The Hall–Kier alpha value is -3.81. The zero-order chi connectivity index (χ0) is 19.8. The van der Waals surface area contributed by atoms with Crippen molar-refractivity contribution in [3.05, 3.63) is 81.8 Å². The van der Waals surface area contributed by atoms with Crippen LogP contribution in [-0.4, -0.2) is 29.4 Å². The predicted molar refractivity (Wildman–Crippen MR) is 105 cm³/mol. The molecule has 8 heteroatoms. The Balaban J connectivity index is 1.60. The minimum Gasteiger partial charge on any atom is -0.493 e. The lowest BCUT2D eigenvalue weighted by Crippen LogP contribution is -2.20. The molecule has 1 amide bonds. The molecule has 3 rings (SSSR count). The van der Waals surface area contributed by atoms with Gasteiger partial charge in [-0.2, -0.15) is 5.10 Å². The molecule has 0 unspecified atom stereocenters. The van der Waals surface area contributed by atoms with Crippen LogP contribution in [0.15, 0.2) is 64.5 Å². The van der Waals surface area contributed by atoms with E-state index in [0.717, 1.165) is 11.1 Å². The molecule has 0 bridgehead atoms. The van der Waals surface area contributed by atoms with Gasteiger partial charge in [0.25, 0.3) is 5.56 Å². The molecule has 0 radical (unpaired) electrons. The third-order valence-corrected chi connectivity index (χ3v) is 3.83. The van der Waals surface area contributed by atoms with E-state index in [-0.39, 0.29) is 17.9 Å². The molecule has 1 heterocycles. The summed E-state index contributed by atoms with van der Waals surface area (Å²) < 4.78 is 11.2. The third-order valence-electron chi connectivity index (χ3n) is 3.83. The molecule has 0 aliphatic carbocycles. The van der Waals surface area contributed by atoms with E-state index in [1.807, 2.05) is 30.3 Å². The molecule has 0 atom stereocenters. The highest BCUT2D eigenvalue weighted by Gasteiger charge is 2.07. The fourth-order valence-corrected chi connectivity index (χ4v) is 2.48. The summed E-state index contributed by atoms with van der Waals surface area (Å²) in [5.41, 5.74) is 4.39. The van der Waals surface area contributed by atoms with Crippen molar-refractivity contribution in [2.45, 2.75) is 13.0 Å². The van der Waals surface area contributed by atoms with Crippen LogP contribution in [0.1, 0.15) is 16.8 Å². The summed E-state index contributed by atoms with van der Waals surface area (Å²) in [6.45, 7) is 0.406. The highest BCUT2D eigenvalue weighted by atomic mass is 16.5. The van der Waals surface area contributed by atoms with Crippen LogP contribution in [0.2, 0.25) is 0 Å². The summed E-state index contributed by atoms with van der Waals surface area (Å²) in [5.74, 6) is 0.834. The first-order chi connectivity index (χ1) is 13.6. The van der Waals surface area contributed by atoms with Gasteiger partial charge in [-0.1, -0.05) is 30.3 Å². The van der Waals surface area contributed by atoms with Crippen LogP contribution in [0.4, 0.5) is 0 Å². The smallest absolute Gasteiger partial charge is 0.264 e. The number of hydrazone groups is 1. The highest BCUT2D eigenvalue weighted by Crippen LogP contribution is 2.28. The van der Waals surface area contributed by atoms with Crippen LogP contribution in [-0.2, 0) is 17.8 Å². The molecule has 0 saturated carbocycles. The monoisotopic (exact) mass is 380 g/mol. The Kier molecular flexibility index (Phi) is 6.25. The highest BCUT2D eigenvalue weighted by molar-refractivity contribution is 5.83. The summed E-state index contributed by atoms with van der Waals surface area (Å²) in [6, 6.07) is 16.5. The van der Waals surface area contributed by atoms with Crippen LogP contribution in [0.25, 0.3) is 0 Å². The van der Waals surface area contributed by atoms with Gasteiger partial charge in [0, 0.05) is 11.8 Å². The Bertz CT molecular complexity index is 1010. The van der Waals surface area contributed by atoms with Crippen molar-refractivity contribution in [2.75, 3.05) is 7.11 Å². The van der Waals surface area contributed by atoms with Crippen LogP contribution >= 0.6 is 0 Å². The molecule has 1 aromatic heterocycles. The average Bonchev–Trinajstić information content (AvgIpc) is 3.11. The lowest BCUT2D eigenvalue weighted by Gasteiger charge is -2.11. The zero-order valence-corrected chi connectivity index (χ0v) is 15.3. The Labute approximate surface area is 161 Å². The van der Waals surface area contributed by atoms with Crippen molar-refractivity contribution < 1.29 is 14.3 Å². The SMILES string of the molecule is COc1ccc(/C=N\NC(=O)Cc2cc(=O)[nH][nH]2)cc1OCc1ccccc1. The fraction of sp³-hybridized carbons (Fsp3) is 0.150. The molecule has 0 aliphatic rings. The van der Waals surface area contributed by atoms with Crippen LogP contribution in [0.5, 0.6) is 11.5 Å². The number of ether oxygens (including phenoxy) is 2. The van der Waals surface area contributed by atoms with Gasteiger partial charge >= 0.3 is 0 Å². The maximum Gasteiger partial charge on any atom is 0.264 e. The first-order valence-electron chi connectivity index (χ1n) is 8.57. The number of H-pyrrole nitrogens is 2. The molecular formula is C20H20N4O4. The van der Waals surface area contributed by atoms with E-state index in [1.165, 1.54) is 12.3 Å². The van der Waals surface area contributed by atoms with E-state index in [1.54, 1.807) is 25.3 Å². The number of aromatic amines is 2. The number of carbonyl (C=O) groups is 1. The van der Waals surface area contributed by atoms with Gasteiger partial charge < -0.3 is 14.6 Å². The van der Waals surface area contributed by atoms with Gasteiger partial charge in [0.1, 0.15) is 6.61 Å². The van der Waals surface area contributed by atoms with E-state index in [2.05, 4.69) is 20.7 Å². The number of hydrogen-bond donors (Lipinski definition) is 3. The quantitative estimate of drug-likeness (QED) is 0.410. The Morgan fingerprint density at radius 3 is 2.64 bits per heavy atom. The van der Waals surface area contributed by atoms with E-state index in [9.17, 15) is 9.59 Å². The van der Waals surface area contributed by atoms with Crippen molar-refractivity contribution in [3.8, 4) is 11.5 Å². The van der Waals surface area contributed by atoms with Gasteiger partial charge in [-0.25, -0.2) is 5.43 Å². The second-order valence-electron chi connectivity index (χ2n) is 5.94. The topological polar surface area (TPSA) is 109 Å². The summed E-state index contributed by atoms with van der Waals surface area (Å²) >= 11 is 0. The predicted octanol–water partition coefficient (Wildman–Crippen LogP) is 1.98. The van der Waals surface area contributed by atoms with Crippen molar-refractivity contribution in [1.82, 2.24) is 15.6 Å². The first kappa shape index (κ1) is 19.0. The van der Waals surface area contributed by atoms with E-state index < -0.39 is 0 Å². The molecule has 2 aromatic carbocycles. The van der Waals surface area contributed by atoms with Crippen molar-refractivity contribution in [3.63, 3.8) is 0 Å². The Morgan fingerprint density at radius 2 is 1.93 bits per heavy atom. The average molecular weight is 380 g/mol. The third kappa shape index (κ3) is 5.34. The Morgan fingerprint density at radius 1 is 1.11 bits per heavy atom. The van der Waals surface area contributed by atoms with Gasteiger partial charge in [-0.3, -0.25) is 14.7 Å². The normalized spacial score (nSPS) is 10.8. The molecule has 0 aliphatic heterocycles. The molecular weight excluding hydrogens is 360 g/mol. The van der Waals surface area contributed by atoms with E-state index in [4.69, 9.17) is 9.47 Å². The largest absolute Gasteiger partial charge is 0.493 e. The van der Waals surface area contributed by atoms with Gasteiger partial charge in [0.15, 0.2) is 11.5 Å². The maximum absolute atomic E-state index is 11.8. The van der Waals surface area contributed by atoms with E-state index in [0.29, 0.717) is 23.8 Å². The number of amides is 1. The maximum atomic E-state index is 11.8. The molecule has 3 aromatic rings. The minimum atomic E-state index is -0.347. The van der Waals surface area contributed by atoms with Crippen LogP contribution < -0.4 is 20.5 Å². The van der Waals surface area contributed by atoms with Gasteiger partial charge in [-0.05, 0) is 29.3 Å².